The van der Waals surface area contributed by atoms with Gasteiger partial charge in [0.15, 0.2) is 0 Å². The summed E-state index contributed by atoms with van der Waals surface area (Å²) in [5.74, 6) is 0. The summed E-state index contributed by atoms with van der Waals surface area (Å²) in [5.41, 5.74) is 3.92. The van der Waals surface area contributed by atoms with Crippen LogP contribution in [0.5, 0.6) is 0 Å². The molecule has 3 rings (SSSR count). The van der Waals surface area contributed by atoms with Gasteiger partial charge in [-0.2, -0.15) is 0 Å². The van der Waals surface area contributed by atoms with Gasteiger partial charge in [0.25, 0.3) is 0 Å². The summed E-state index contributed by atoms with van der Waals surface area (Å²) < 4.78 is 1.71. The van der Waals surface area contributed by atoms with E-state index in [2.05, 4.69) is 37.9 Å². The van der Waals surface area contributed by atoms with Gasteiger partial charge in [-0.25, -0.2) is 4.79 Å². The standard InChI is InChI=1S/C17H18N2O/c1-17(2,3)12-8-10-13(11-9-12)19-15-7-5-4-6-14(15)18-16(19)20/h4-11H,1-3H3,(H,18,20). The Kier molecular flexibility index (Phi) is 2.78. The van der Waals surface area contributed by atoms with Crippen LogP contribution in [0.4, 0.5) is 0 Å². The minimum absolute atomic E-state index is 0.102. The van der Waals surface area contributed by atoms with Crippen molar-refractivity contribution in [2.24, 2.45) is 0 Å². The minimum Gasteiger partial charge on any atom is -0.305 e. The maximum atomic E-state index is 12.1. The molecule has 0 spiro atoms. The molecule has 0 aliphatic heterocycles. The molecule has 102 valence electrons. The molecule has 1 heterocycles. The largest absolute Gasteiger partial charge is 0.331 e. The number of imidazole rings is 1. The van der Waals surface area contributed by atoms with E-state index >= 15 is 0 Å². The molecule has 0 saturated carbocycles. The average Bonchev–Trinajstić information content (AvgIpc) is 2.73. The summed E-state index contributed by atoms with van der Waals surface area (Å²) in [6.45, 7) is 6.54. The Morgan fingerprint density at radius 3 is 2.25 bits per heavy atom. The van der Waals surface area contributed by atoms with Crippen LogP contribution in [0, 0.1) is 0 Å². The Balaban J connectivity index is 2.17. The fourth-order valence-electron chi connectivity index (χ4n) is 2.42. The van der Waals surface area contributed by atoms with Gasteiger partial charge >= 0.3 is 5.69 Å². The van der Waals surface area contributed by atoms with Crippen molar-refractivity contribution < 1.29 is 0 Å². The normalized spacial score (nSPS) is 11.9. The number of para-hydroxylation sites is 2. The monoisotopic (exact) mass is 266 g/mol. The second-order valence-corrected chi connectivity index (χ2v) is 6.08. The minimum atomic E-state index is -0.102. The molecule has 0 aliphatic rings. The topological polar surface area (TPSA) is 37.8 Å². The molecule has 0 fully saturated rings. The van der Waals surface area contributed by atoms with Crippen molar-refractivity contribution in [3.63, 3.8) is 0 Å². The molecule has 1 N–H and O–H groups in total. The van der Waals surface area contributed by atoms with E-state index in [1.54, 1.807) is 4.57 Å². The molecule has 0 amide bonds. The Labute approximate surface area is 117 Å². The van der Waals surface area contributed by atoms with Gasteiger partial charge in [0.2, 0.25) is 0 Å². The molecular formula is C17H18N2O. The molecule has 0 unspecified atom stereocenters. The molecule has 0 saturated heterocycles. The number of aromatic nitrogens is 2. The number of hydrogen-bond donors (Lipinski definition) is 1. The van der Waals surface area contributed by atoms with Gasteiger partial charge in [-0.1, -0.05) is 45.0 Å². The number of nitrogens with one attached hydrogen (secondary N) is 1. The van der Waals surface area contributed by atoms with Crippen LogP contribution in [0.3, 0.4) is 0 Å². The van der Waals surface area contributed by atoms with E-state index in [4.69, 9.17) is 0 Å². The van der Waals surface area contributed by atoms with Crippen molar-refractivity contribution in [2.45, 2.75) is 26.2 Å². The summed E-state index contributed by atoms with van der Waals surface area (Å²) in [5, 5.41) is 0. The summed E-state index contributed by atoms with van der Waals surface area (Å²) in [7, 11) is 0. The number of hydrogen-bond acceptors (Lipinski definition) is 1. The molecule has 3 nitrogen and oxygen atoms in total. The molecule has 0 aliphatic carbocycles. The second kappa shape index (κ2) is 4.37. The molecule has 0 bridgehead atoms. The quantitative estimate of drug-likeness (QED) is 0.717. The third-order valence-corrected chi connectivity index (χ3v) is 3.58. The zero-order valence-corrected chi connectivity index (χ0v) is 12.0. The van der Waals surface area contributed by atoms with E-state index in [1.807, 2.05) is 36.4 Å². The summed E-state index contributed by atoms with van der Waals surface area (Å²) >= 11 is 0. The smallest absolute Gasteiger partial charge is 0.305 e. The first-order valence-electron chi connectivity index (χ1n) is 6.77. The van der Waals surface area contributed by atoms with E-state index < -0.39 is 0 Å². The number of rotatable bonds is 1. The van der Waals surface area contributed by atoms with E-state index in [9.17, 15) is 4.79 Å². The van der Waals surface area contributed by atoms with Crippen molar-refractivity contribution in [3.05, 3.63) is 64.6 Å². The zero-order valence-electron chi connectivity index (χ0n) is 12.0. The van der Waals surface area contributed by atoms with E-state index in [-0.39, 0.29) is 11.1 Å². The van der Waals surface area contributed by atoms with E-state index in [0.717, 1.165) is 16.7 Å². The van der Waals surface area contributed by atoms with Gasteiger partial charge in [-0.05, 0) is 35.2 Å². The predicted molar refractivity (Wildman–Crippen MR) is 82.6 cm³/mol. The molecule has 0 atom stereocenters. The number of H-pyrrole nitrogens is 1. The Morgan fingerprint density at radius 1 is 0.950 bits per heavy atom. The lowest BCUT2D eigenvalue weighted by atomic mass is 9.87. The highest BCUT2D eigenvalue weighted by molar-refractivity contribution is 5.77. The van der Waals surface area contributed by atoms with Crippen molar-refractivity contribution in [1.82, 2.24) is 9.55 Å². The third kappa shape index (κ3) is 2.05. The summed E-state index contributed by atoms with van der Waals surface area (Å²) in [6.07, 6.45) is 0. The molecule has 20 heavy (non-hydrogen) atoms. The highest BCUT2D eigenvalue weighted by Crippen LogP contribution is 2.23. The number of aromatic amines is 1. The first kappa shape index (κ1) is 12.7. The second-order valence-electron chi connectivity index (χ2n) is 6.08. The van der Waals surface area contributed by atoms with Gasteiger partial charge in [0, 0.05) is 0 Å². The SMILES string of the molecule is CC(C)(C)c1ccc(-n2c(=O)[nH]c3ccccc32)cc1. The first-order chi connectivity index (χ1) is 9.47. The summed E-state index contributed by atoms with van der Waals surface area (Å²) in [4.78, 5) is 15.0. The number of benzene rings is 2. The molecule has 3 aromatic rings. The molecule has 1 aromatic heterocycles. The Morgan fingerprint density at radius 2 is 1.60 bits per heavy atom. The molecule has 0 radical (unpaired) electrons. The Hall–Kier alpha value is -2.29. The van der Waals surface area contributed by atoms with Gasteiger partial charge in [-0.15, -0.1) is 0 Å². The van der Waals surface area contributed by atoms with Crippen LogP contribution >= 0.6 is 0 Å². The maximum absolute atomic E-state index is 12.1. The highest BCUT2D eigenvalue weighted by atomic mass is 16.1. The van der Waals surface area contributed by atoms with Crippen molar-refractivity contribution in [1.29, 1.82) is 0 Å². The number of fused-ring (bicyclic) bond motifs is 1. The van der Waals surface area contributed by atoms with E-state index in [0.29, 0.717) is 0 Å². The lowest BCUT2D eigenvalue weighted by Gasteiger charge is -2.19. The molecular weight excluding hydrogens is 248 g/mol. The average molecular weight is 266 g/mol. The van der Waals surface area contributed by atoms with Gasteiger partial charge in [0.1, 0.15) is 0 Å². The van der Waals surface area contributed by atoms with Crippen molar-refractivity contribution >= 4 is 11.0 Å². The van der Waals surface area contributed by atoms with Crippen LogP contribution < -0.4 is 5.69 Å². The van der Waals surface area contributed by atoms with Crippen LogP contribution in [-0.2, 0) is 5.41 Å². The van der Waals surface area contributed by atoms with Crippen LogP contribution in [0.1, 0.15) is 26.3 Å². The van der Waals surface area contributed by atoms with Crippen molar-refractivity contribution in [3.8, 4) is 5.69 Å². The third-order valence-electron chi connectivity index (χ3n) is 3.58. The lowest BCUT2D eigenvalue weighted by Crippen LogP contribution is -2.15. The maximum Gasteiger partial charge on any atom is 0.331 e. The predicted octanol–water partition coefficient (Wildman–Crippen LogP) is 3.62. The fourth-order valence-corrected chi connectivity index (χ4v) is 2.42. The van der Waals surface area contributed by atoms with Crippen LogP contribution in [0.15, 0.2) is 53.3 Å². The van der Waals surface area contributed by atoms with Crippen LogP contribution in [-0.4, -0.2) is 9.55 Å². The molecule has 3 heteroatoms. The zero-order chi connectivity index (χ0) is 14.3. The summed E-state index contributed by atoms with van der Waals surface area (Å²) in [6, 6.07) is 15.9. The first-order valence-corrected chi connectivity index (χ1v) is 6.77. The van der Waals surface area contributed by atoms with E-state index in [1.165, 1.54) is 5.56 Å². The van der Waals surface area contributed by atoms with Gasteiger partial charge in [-0.3, -0.25) is 4.57 Å². The Bertz CT molecular complexity index is 801. The fraction of sp³-hybridized carbons (Fsp3) is 0.235. The van der Waals surface area contributed by atoms with Gasteiger partial charge < -0.3 is 4.98 Å². The van der Waals surface area contributed by atoms with Gasteiger partial charge in [0.05, 0.1) is 16.7 Å². The van der Waals surface area contributed by atoms with Crippen LogP contribution in [0.2, 0.25) is 0 Å². The van der Waals surface area contributed by atoms with Crippen molar-refractivity contribution in [2.75, 3.05) is 0 Å². The number of nitrogens with zero attached hydrogens (tertiary/aromatic N) is 1. The lowest BCUT2D eigenvalue weighted by molar-refractivity contribution is 0.590. The highest BCUT2D eigenvalue weighted by Gasteiger charge is 2.14. The van der Waals surface area contributed by atoms with Crippen LogP contribution in [0.25, 0.3) is 16.7 Å². The molecule has 2 aromatic carbocycles.